The molecule has 0 heterocycles. The summed E-state index contributed by atoms with van der Waals surface area (Å²) in [6.45, 7) is 4.24. The van der Waals surface area contributed by atoms with E-state index >= 15 is 0 Å². The summed E-state index contributed by atoms with van der Waals surface area (Å²) >= 11 is 0. The van der Waals surface area contributed by atoms with E-state index in [1.54, 1.807) is 24.3 Å². The average molecular weight is 291 g/mol. The second-order valence-corrected chi connectivity index (χ2v) is 4.70. The normalized spacial score (nSPS) is 12.0. The van der Waals surface area contributed by atoms with Gasteiger partial charge in [-0.25, -0.2) is 8.78 Å². The standard InChI is InChI=1S/C17H19F2NO/c1-3-15(13-7-5-6-8-14(13)19)20-16-10-9-12(18)11-17(16)21-4-2/h5-11,15,20H,3-4H2,1-2H3. The van der Waals surface area contributed by atoms with Crippen molar-refractivity contribution in [3.05, 3.63) is 59.7 Å². The van der Waals surface area contributed by atoms with Crippen LogP contribution in [0.15, 0.2) is 42.5 Å². The Hall–Kier alpha value is -2.10. The van der Waals surface area contributed by atoms with Crippen molar-refractivity contribution in [1.82, 2.24) is 0 Å². The fraction of sp³-hybridized carbons (Fsp3) is 0.294. The predicted octanol–water partition coefficient (Wildman–Crippen LogP) is 4.93. The topological polar surface area (TPSA) is 21.3 Å². The number of hydrogen-bond acceptors (Lipinski definition) is 2. The molecule has 0 amide bonds. The van der Waals surface area contributed by atoms with Crippen LogP contribution in [0.25, 0.3) is 0 Å². The molecular weight excluding hydrogens is 272 g/mol. The molecule has 0 aromatic heterocycles. The molecule has 2 rings (SSSR count). The smallest absolute Gasteiger partial charge is 0.145 e. The zero-order valence-electron chi connectivity index (χ0n) is 12.2. The largest absolute Gasteiger partial charge is 0.492 e. The second kappa shape index (κ2) is 7.07. The highest BCUT2D eigenvalue weighted by Gasteiger charge is 2.15. The quantitative estimate of drug-likeness (QED) is 0.815. The minimum atomic E-state index is -0.358. The second-order valence-electron chi connectivity index (χ2n) is 4.70. The van der Waals surface area contributed by atoms with Crippen molar-refractivity contribution >= 4 is 5.69 Å². The first-order valence-electron chi connectivity index (χ1n) is 7.09. The maximum atomic E-state index is 13.9. The van der Waals surface area contributed by atoms with E-state index in [1.807, 2.05) is 13.8 Å². The number of nitrogens with one attached hydrogen (secondary N) is 1. The van der Waals surface area contributed by atoms with E-state index < -0.39 is 0 Å². The van der Waals surface area contributed by atoms with Gasteiger partial charge in [0.15, 0.2) is 0 Å². The van der Waals surface area contributed by atoms with Crippen LogP contribution in [0.3, 0.4) is 0 Å². The molecule has 2 aromatic carbocycles. The molecule has 112 valence electrons. The zero-order chi connectivity index (χ0) is 15.2. The third-order valence-corrected chi connectivity index (χ3v) is 3.26. The van der Waals surface area contributed by atoms with E-state index in [2.05, 4.69) is 5.32 Å². The lowest BCUT2D eigenvalue weighted by Gasteiger charge is -2.21. The summed E-state index contributed by atoms with van der Waals surface area (Å²) in [6.07, 6.45) is 0.698. The molecule has 2 aromatic rings. The Morgan fingerprint density at radius 3 is 2.52 bits per heavy atom. The molecule has 0 saturated heterocycles. The van der Waals surface area contributed by atoms with Gasteiger partial charge < -0.3 is 10.1 Å². The first-order chi connectivity index (χ1) is 10.2. The minimum Gasteiger partial charge on any atom is -0.492 e. The van der Waals surface area contributed by atoms with Gasteiger partial charge in [-0.1, -0.05) is 25.1 Å². The summed E-state index contributed by atoms with van der Waals surface area (Å²) in [5, 5.41) is 3.23. The highest BCUT2D eigenvalue weighted by molar-refractivity contribution is 5.57. The number of ether oxygens (including phenoxy) is 1. The summed E-state index contributed by atoms with van der Waals surface area (Å²) in [6, 6.07) is 10.8. The molecule has 0 spiro atoms. The van der Waals surface area contributed by atoms with E-state index in [4.69, 9.17) is 4.74 Å². The van der Waals surface area contributed by atoms with Crippen molar-refractivity contribution in [2.75, 3.05) is 11.9 Å². The van der Waals surface area contributed by atoms with Crippen molar-refractivity contribution < 1.29 is 13.5 Å². The Kier molecular flexibility index (Phi) is 5.14. The lowest BCUT2D eigenvalue weighted by molar-refractivity contribution is 0.339. The van der Waals surface area contributed by atoms with Crippen molar-refractivity contribution in [2.45, 2.75) is 26.3 Å². The molecule has 0 aliphatic carbocycles. The number of benzene rings is 2. The van der Waals surface area contributed by atoms with E-state index in [-0.39, 0.29) is 17.7 Å². The van der Waals surface area contributed by atoms with Gasteiger partial charge >= 0.3 is 0 Å². The van der Waals surface area contributed by atoms with Crippen LogP contribution in [-0.4, -0.2) is 6.61 Å². The van der Waals surface area contributed by atoms with Crippen molar-refractivity contribution in [3.8, 4) is 5.75 Å². The van der Waals surface area contributed by atoms with Crippen LogP contribution in [0.1, 0.15) is 31.9 Å². The number of anilines is 1. The lowest BCUT2D eigenvalue weighted by Crippen LogP contribution is -2.12. The van der Waals surface area contributed by atoms with E-state index in [0.29, 0.717) is 30.0 Å². The highest BCUT2D eigenvalue weighted by Crippen LogP contribution is 2.31. The minimum absolute atomic E-state index is 0.198. The van der Waals surface area contributed by atoms with E-state index in [1.165, 1.54) is 18.2 Å². The zero-order valence-corrected chi connectivity index (χ0v) is 12.2. The Morgan fingerprint density at radius 2 is 1.86 bits per heavy atom. The van der Waals surface area contributed by atoms with Gasteiger partial charge in [-0.2, -0.15) is 0 Å². The molecule has 21 heavy (non-hydrogen) atoms. The summed E-state index contributed by atoms with van der Waals surface area (Å²) in [5.41, 5.74) is 1.25. The third kappa shape index (κ3) is 3.72. The van der Waals surface area contributed by atoms with Crippen LogP contribution in [-0.2, 0) is 0 Å². The first-order valence-corrected chi connectivity index (χ1v) is 7.09. The van der Waals surface area contributed by atoms with Crippen LogP contribution in [0.5, 0.6) is 5.75 Å². The van der Waals surface area contributed by atoms with Gasteiger partial charge in [0.05, 0.1) is 18.3 Å². The van der Waals surface area contributed by atoms with Crippen molar-refractivity contribution in [1.29, 1.82) is 0 Å². The first kappa shape index (κ1) is 15.3. The third-order valence-electron chi connectivity index (χ3n) is 3.26. The van der Waals surface area contributed by atoms with Gasteiger partial charge in [-0.3, -0.25) is 0 Å². The van der Waals surface area contributed by atoms with Gasteiger partial charge in [0.1, 0.15) is 17.4 Å². The summed E-state index contributed by atoms with van der Waals surface area (Å²) < 4.78 is 32.7. The van der Waals surface area contributed by atoms with E-state index in [0.717, 1.165) is 0 Å². The molecular formula is C17H19F2NO. The van der Waals surface area contributed by atoms with Gasteiger partial charge in [-0.15, -0.1) is 0 Å². The van der Waals surface area contributed by atoms with Crippen LogP contribution in [0, 0.1) is 11.6 Å². The monoisotopic (exact) mass is 291 g/mol. The average Bonchev–Trinajstić information content (AvgIpc) is 2.48. The summed E-state index contributed by atoms with van der Waals surface area (Å²) in [5.74, 6) is -0.174. The SMILES string of the molecule is CCOc1cc(F)ccc1NC(CC)c1ccccc1F. The molecule has 0 fully saturated rings. The molecule has 0 aliphatic rings. The molecule has 1 N–H and O–H groups in total. The molecule has 0 radical (unpaired) electrons. The Morgan fingerprint density at radius 1 is 1.10 bits per heavy atom. The van der Waals surface area contributed by atoms with E-state index in [9.17, 15) is 8.78 Å². The fourth-order valence-electron chi connectivity index (χ4n) is 2.24. The summed E-state index contributed by atoms with van der Waals surface area (Å²) in [4.78, 5) is 0. The maximum Gasteiger partial charge on any atom is 0.145 e. The van der Waals surface area contributed by atoms with Crippen LogP contribution >= 0.6 is 0 Å². The fourth-order valence-corrected chi connectivity index (χ4v) is 2.24. The Labute approximate surface area is 123 Å². The molecule has 0 aliphatic heterocycles. The predicted molar refractivity (Wildman–Crippen MR) is 80.6 cm³/mol. The molecule has 0 bridgehead atoms. The summed E-state index contributed by atoms with van der Waals surface area (Å²) in [7, 11) is 0. The Bertz CT molecular complexity index is 601. The van der Waals surface area contributed by atoms with Gasteiger partial charge in [-0.05, 0) is 31.5 Å². The van der Waals surface area contributed by atoms with Gasteiger partial charge in [0.25, 0.3) is 0 Å². The lowest BCUT2D eigenvalue weighted by atomic mass is 10.0. The molecule has 4 heteroatoms. The number of hydrogen-bond donors (Lipinski definition) is 1. The van der Waals surface area contributed by atoms with Crippen molar-refractivity contribution in [3.63, 3.8) is 0 Å². The Balaban J connectivity index is 2.29. The van der Waals surface area contributed by atoms with Crippen molar-refractivity contribution in [2.24, 2.45) is 0 Å². The van der Waals surface area contributed by atoms with Gasteiger partial charge in [0, 0.05) is 11.6 Å². The van der Waals surface area contributed by atoms with Gasteiger partial charge in [0.2, 0.25) is 0 Å². The number of halogens is 2. The number of rotatable bonds is 6. The molecule has 1 atom stereocenters. The molecule has 0 saturated carbocycles. The van der Waals surface area contributed by atoms with Crippen LogP contribution in [0.4, 0.5) is 14.5 Å². The molecule has 2 nitrogen and oxygen atoms in total. The highest BCUT2D eigenvalue weighted by atomic mass is 19.1. The van der Waals surface area contributed by atoms with Crippen LogP contribution < -0.4 is 10.1 Å². The molecule has 1 unspecified atom stereocenters. The van der Waals surface area contributed by atoms with Crippen LogP contribution in [0.2, 0.25) is 0 Å². The maximum absolute atomic E-state index is 13.9.